The molecule has 23 heavy (non-hydrogen) atoms. The molecule has 0 radical (unpaired) electrons. The number of likely N-dealkylation sites (tertiary alicyclic amines) is 1. The zero-order valence-corrected chi connectivity index (χ0v) is 15.2. The smallest absolute Gasteiger partial charge is 0.228 e. The average molecular weight is 403 g/mol. The van der Waals surface area contributed by atoms with Crippen LogP contribution >= 0.6 is 28.3 Å². The molecule has 2 unspecified atom stereocenters. The van der Waals surface area contributed by atoms with E-state index in [0.29, 0.717) is 13.1 Å². The molecular weight excluding hydrogens is 382 g/mol. The maximum absolute atomic E-state index is 12.6. The van der Waals surface area contributed by atoms with Crippen LogP contribution in [0.3, 0.4) is 0 Å². The number of carbonyl (C=O) groups is 2. The van der Waals surface area contributed by atoms with Crippen LogP contribution in [0.15, 0.2) is 28.7 Å². The Morgan fingerprint density at radius 1 is 1.30 bits per heavy atom. The fourth-order valence-electron chi connectivity index (χ4n) is 3.23. The van der Waals surface area contributed by atoms with Crippen molar-refractivity contribution in [2.75, 3.05) is 24.5 Å². The zero-order chi connectivity index (χ0) is 15.7. The first-order valence-electron chi connectivity index (χ1n) is 7.65. The Morgan fingerprint density at radius 2 is 2.09 bits per heavy atom. The van der Waals surface area contributed by atoms with E-state index >= 15 is 0 Å². The number of hydrogen-bond acceptors (Lipinski definition) is 3. The van der Waals surface area contributed by atoms with Gasteiger partial charge in [0.25, 0.3) is 0 Å². The van der Waals surface area contributed by atoms with E-state index in [1.54, 1.807) is 4.90 Å². The summed E-state index contributed by atoms with van der Waals surface area (Å²) in [6, 6.07) is 7.68. The van der Waals surface area contributed by atoms with E-state index in [1.807, 2.05) is 29.2 Å². The van der Waals surface area contributed by atoms with Gasteiger partial charge in [0.2, 0.25) is 11.8 Å². The second kappa shape index (κ2) is 7.64. The third-order valence-corrected chi connectivity index (χ3v) is 4.86. The van der Waals surface area contributed by atoms with Crippen LogP contribution in [0, 0.1) is 5.92 Å². The SMILES string of the molecule is Cl.NC1CCCN(C(=O)C2CC(=O)N(c3cccc(Br)c3)C2)C1. The lowest BCUT2D eigenvalue weighted by Crippen LogP contribution is -2.48. The number of carbonyl (C=O) groups excluding carboxylic acids is 2. The largest absolute Gasteiger partial charge is 0.341 e. The predicted molar refractivity (Wildman–Crippen MR) is 95.6 cm³/mol. The fourth-order valence-corrected chi connectivity index (χ4v) is 3.62. The maximum atomic E-state index is 12.6. The van der Waals surface area contributed by atoms with Crippen LogP contribution in [0.5, 0.6) is 0 Å². The number of halogens is 2. The van der Waals surface area contributed by atoms with Crippen molar-refractivity contribution in [1.29, 1.82) is 0 Å². The summed E-state index contributed by atoms with van der Waals surface area (Å²) < 4.78 is 0.926. The number of anilines is 1. The molecule has 3 rings (SSSR count). The minimum absolute atomic E-state index is 0. The highest BCUT2D eigenvalue weighted by atomic mass is 79.9. The molecule has 2 aliphatic rings. The number of piperidine rings is 1. The molecule has 1 aromatic carbocycles. The van der Waals surface area contributed by atoms with Gasteiger partial charge in [-0.1, -0.05) is 22.0 Å². The number of amides is 2. The second-order valence-corrected chi connectivity index (χ2v) is 6.99. The van der Waals surface area contributed by atoms with Crippen molar-refractivity contribution in [2.45, 2.75) is 25.3 Å². The van der Waals surface area contributed by atoms with Gasteiger partial charge >= 0.3 is 0 Å². The van der Waals surface area contributed by atoms with Gasteiger partial charge in [-0.25, -0.2) is 0 Å². The summed E-state index contributed by atoms with van der Waals surface area (Å²) in [6.45, 7) is 1.83. The number of rotatable bonds is 2. The number of nitrogens with zero attached hydrogens (tertiary/aromatic N) is 2. The van der Waals surface area contributed by atoms with Crippen molar-refractivity contribution in [3.8, 4) is 0 Å². The third kappa shape index (κ3) is 4.05. The van der Waals surface area contributed by atoms with Crippen molar-refractivity contribution in [1.82, 2.24) is 4.90 Å². The molecule has 2 N–H and O–H groups in total. The van der Waals surface area contributed by atoms with E-state index < -0.39 is 0 Å². The lowest BCUT2D eigenvalue weighted by atomic mass is 10.0. The van der Waals surface area contributed by atoms with E-state index in [1.165, 1.54) is 0 Å². The molecule has 0 spiro atoms. The van der Waals surface area contributed by atoms with Gasteiger partial charge in [0.15, 0.2) is 0 Å². The van der Waals surface area contributed by atoms with E-state index in [4.69, 9.17) is 5.73 Å². The summed E-state index contributed by atoms with van der Waals surface area (Å²) in [5, 5.41) is 0. The van der Waals surface area contributed by atoms with Crippen LogP contribution in [-0.4, -0.2) is 42.4 Å². The van der Waals surface area contributed by atoms with E-state index in [2.05, 4.69) is 15.9 Å². The molecule has 2 saturated heterocycles. The summed E-state index contributed by atoms with van der Waals surface area (Å²) in [7, 11) is 0. The number of benzene rings is 1. The number of nitrogens with two attached hydrogens (primary N) is 1. The number of hydrogen-bond donors (Lipinski definition) is 1. The lowest BCUT2D eigenvalue weighted by Gasteiger charge is -2.32. The first-order valence-corrected chi connectivity index (χ1v) is 8.44. The standard InChI is InChI=1S/C16H20BrN3O2.ClH/c17-12-3-1-5-14(8-12)20-9-11(7-15(20)21)16(22)19-6-2-4-13(18)10-19;/h1,3,5,8,11,13H,2,4,6-7,9-10,18H2;1H. The summed E-state index contributed by atoms with van der Waals surface area (Å²) in [6.07, 6.45) is 2.21. The van der Waals surface area contributed by atoms with Gasteiger partial charge in [-0.05, 0) is 31.0 Å². The Kier molecular flexibility index (Phi) is 6.06. The molecule has 0 saturated carbocycles. The summed E-state index contributed by atoms with van der Waals surface area (Å²) in [5.41, 5.74) is 6.79. The van der Waals surface area contributed by atoms with Crippen molar-refractivity contribution in [2.24, 2.45) is 11.7 Å². The van der Waals surface area contributed by atoms with Crippen LogP contribution in [0.25, 0.3) is 0 Å². The van der Waals surface area contributed by atoms with Crippen LogP contribution < -0.4 is 10.6 Å². The van der Waals surface area contributed by atoms with Gasteiger partial charge in [0.05, 0.1) is 5.92 Å². The highest BCUT2D eigenvalue weighted by Gasteiger charge is 2.38. The molecule has 0 aliphatic carbocycles. The van der Waals surface area contributed by atoms with Gasteiger partial charge in [-0.15, -0.1) is 12.4 Å². The summed E-state index contributed by atoms with van der Waals surface area (Å²) in [5.74, 6) is -0.171. The van der Waals surface area contributed by atoms with Crippen LogP contribution in [0.1, 0.15) is 19.3 Å². The highest BCUT2D eigenvalue weighted by Crippen LogP contribution is 2.28. The minimum Gasteiger partial charge on any atom is -0.341 e. The van der Waals surface area contributed by atoms with Gasteiger partial charge in [0.1, 0.15) is 0 Å². The molecule has 5 nitrogen and oxygen atoms in total. The van der Waals surface area contributed by atoms with Crippen LogP contribution in [0.2, 0.25) is 0 Å². The average Bonchev–Trinajstić information content (AvgIpc) is 2.88. The van der Waals surface area contributed by atoms with Gasteiger partial charge < -0.3 is 15.5 Å². The first kappa shape index (κ1) is 18.2. The van der Waals surface area contributed by atoms with Crippen molar-refractivity contribution >= 4 is 45.8 Å². The van der Waals surface area contributed by atoms with Crippen molar-refractivity contribution < 1.29 is 9.59 Å². The Labute approximate surface area is 150 Å². The fraction of sp³-hybridized carbons (Fsp3) is 0.500. The van der Waals surface area contributed by atoms with Gasteiger partial charge in [-0.2, -0.15) is 0 Å². The summed E-state index contributed by atoms with van der Waals surface area (Å²) in [4.78, 5) is 28.4. The van der Waals surface area contributed by atoms with Crippen molar-refractivity contribution in [3.05, 3.63) is 28.7 Å². The van der Waals surface area contributed by atoms with Gasteiger partial charge in [-0.3, -0.25) is 9.59 Å². The lowest BCUT2D eigenvalue weighted by molar-refractivity contribution is -0.136. The highest BCUT2D eigenvalue weighted by molar-refractivity contribution is 9.10. The topological polar surface area (TPSA) is 66.6 Å². The Balaban J connectivity index is 0.00000192. The maximum Gasteiger partial charge on any atom is 0.228 e. The van der Waals surface area contributed by atoms with Crippen molar-refractivity contribution in [3.63, 3.8) is 0 Å². The molecule has 2 fully saturated rings. The molecule has 126 valence electrons. The van der Waals surface area contributed by atoms with E-state index in [-0.39, 0.29) is 42.6 Å². The molecule has 2 heterocycles. The third-order valence-electron chi connectivity index (χ3n) is 4.36. The molecule has 2 atom stereocenters. The Hall–Kier alpha value is -1.11. The Bertz CT molecular complexity index is 598. The molecule has 2 amide bonds. The molecular formula is C16H21BrClN3O2. The van der Waals surface area contributed by atoms with Gasteiger partial charge in [0, 0.05) is 42.3 Å². The van der Waals surface area contributed by atoms with Crippen LogP contribution in [-0.2, 0) is 9.59 Å². The zero-order valence-electron chi connectivity index (χ0n) is 12.8. The second-order valence-electron chi connectivity index (χ2n) is 6.07. The quantitative estimate of drug-likeness (QED) is 0.824. The monoisotopic (exact) mass is 401 g/mol. The Morgan fingerprint density at radius 3 is 2.78 bits per heavy atom. The minimum atomic E-state index is -0.253. The predicted octanol–water partition coefficient (Wildman–Crippen LogP) is 2.17. The molecule has 2 aliphatic heterocycles. The summed E-state index contributed by atoms with van der Waals surface area (Å²) >= 11 is 3.42. The molecule has 1 aromatic rings. The van der Waals surface area contributed by atoms with E-state index in [9.17, 15) is 9.59 Å². The molecule has 7 heteroatoms. The van der Waals surface area contributed by atoms with Crippen LogP contribution in [0.4, 0.5) is 5.69 Å². The molecule has 0 aromatic heterocycles. The van der Waals surface area contributed by atoms with E-state index in [0.717, 1.165) is 29.5 Å². The normalized spacial score (nSPS) is 24.5. The molecule has 0 bridgehead atoms. The first-order chi connectivity index (χ1) is 10.5.